The van der Waals surface area contributed by atoms with Crippen molar-refractivity contribution in [2.24, 2.45) is 0 Å². The molecule has 1 saturated heterocycles. The summed E-state index contributed by atoms with van der Waals surface area (Å²) in [7, 11) is -3.00. The average Bonchev–Trinajstić information content (AvgIpc) is 2.27. The molecular formula is C13H16ClO3P. The average molecular weight is 287 g/mol. The number of fused-ring (bicyclic) bond motifs is 2. The van der Waals surface area contributed by atoms with Crippen molar-refractivity contribution in [3.63, 3.8) is 0 Å². The van der Waals surface area contributed by atoms with Gasteiger partial charge in [0.2, 0.25) is 0 Å². The second kappa shape index (κ2) is 4.97. The van der Waals surface area contributed by atoms with Gasteiger partial charge < -0.3 is 9.05 Å². The molecule has 2 fully saturated rings. The zero-order chi connectivity index (χ0) is 12.6. The molecular weight excluding hydrogens is 271 g/mol. The second-order valence-electron chi connectivity index (χ2n) is 5.01. The summed E-state index contributed by atoms with van der Waals surface area (Å²) in [6, 6.07) is 9.69. The lowest BCUT2D eigenvalue weighted by Crippen LogP contribution is -2.37. The minimum Gasteiger partial charge on any atom is -0.305 e. The van der Waals surface area contributed by atoms with Crippen LogP contribution in [0.15, 0.2) is 30.3 Å². The normalized spacial score (nSPS) is 39.5. The Balaban J connectivity index is 1.74. The first-order chi connectivity index (χ1) is 8.63. The fourth-order valence-electron chi connectivity index (χ4n) is 2.69. The van der Waals surface area contributed by atoms with E-state index >= 15 is 0 Å². The molecule has 0 amide bonds. The topological polar surface area (TPSA) is 35.5 Å². The van der Waals surface area contributed by atoms with E-state index in [2.05, 4.69) is 0 Å². The Kier molecular flexibility index (Phi) is 3.50. The molecule has 2 atom stereocenters. The fraction of sp³-hybridized carbons (Fsp3) is 0.538. The molecule has 2 bridgehead atoms. The smallest absolute Gasteiger partial charge is 0.305 e. The molecule has 0 N–H and O–H groups in total. The minimum absolute atomic E-state index is 0.00505. The standard InChI is InChI=1S/C13H16ClO3P/c14-11-6-12-8-13(7-11)17-18(15,16-12)9-10-4-2-1-3-5-10/h1-5,11-13H,6-9H2/t11?,12-,13-,18?/m1/s1. The van der Waals surface area contributed by atoms with E-state index < -0.39 is 7.60 Å². The molecule has 1 aliphatic heterocycles. The molecule has 0 aromatic heterocycles. The molecule has 1 aliphatic carbocycles. The van der Waals surface area contributed by atoms with Gasteiger partial charge in [0.05, 0.1) is 18.4 Å². The highest BCUT2D eigenvalue weighted by atomic mass is 35.5. The SMILES string of the molecule is O=P1(Cc2ccccc2)O[C@@H]2CC(Cl)C[C@H](C2)O1. The summed E-state index contributed by atoms with van der Waals surface area (Å²) >= 11 is 6.12. The minimum atomic E-state index is -3.00. The monoisotopic (exact) mass is 286 g/mol. The van der Waals surface area contributed by atoms with Gasteiger partial charge in [-0.3, -0.25) is 4.57 Å². The van der Waals surface area contributed by atoms with Crippen LogP contribution in [0.2, 0.25) is 0 Å². The summed E-state index contributed by atoms with van der Waals surface area (Å²) < 4.78 is 24.0. The quantitative estimate of drug-likeness (QED) is 0.610. The first-order valence-electron chi connectivity index (χ1n) is 6.27. The Labute approximate surface area is 112 Å². The van der Waals surface area contributed by atoms with Crippen LogP contribution in [0.25, 0.3) is 0 Å². The molecule has 1 aromatic rings. The Morgan fingerprint density at radius 1 is 1.11 bits per heavy atom. The van der Waals surface area contributed by atoms with Crippen LogP contribution in [0, 0.1) is 0 Å². The fourth-order valence-corrected chi connectivity index (χ4v) is 5.19. The first kappa shape index (κ1) is 12.7. The second-order valence-corrected chi connectivity index (χ2v) is 7.59. The van der Waals surface area contributed by atoms with E-state index in [0.717, 1.165) is 24.8 Å². The third-order valence-corrected chi connectivity index (χ3v) is 5.75. The highest BCUT2D eigenvalue weighted by molar-refractivity contribution is 7.53. The Bertz CT molecular complexity index is 443. The summed E-state index contributed by atoms with van der Waals surface area (Å²) in [6.07, 6.45) is 2.72. The van der Waals surface area contributed by atoms with Crippen LogP contribution in [-0.4, -0.2) is 17.6 Å². The summed E-state index contributed by atoms with van der Waals surface area (Å²) in [5.41, 5.74) is 0.989. The number of halogens is 1. The molecule has 2 aliphatic rings. The molecule has 98 valence electrons. The maximum Gasteiger partial charge on any atom is 0.335 e. The molecule has 3 nitrogen and oxygen atoms in total. The van der Waals surface area contributed by atoms with Crippen molar-refractivity contribution >= 4 is 19.2 Å². The van der Waals surface area contributed by atoms with E-state index in [1.807, 2.05) is 30.3 Å². The van der Waals surface area contributed by atoms with E-state index in [0.29, 0.717) is 6.16 Å². The van der Waals surface area contributed by atoms with Gasteiger partial charge in [-0.05, 0) is 18.4 Å². The number of rotatable bonds is 2. The van der Waals surface area contributed by atoms with Gasteiger partial charge >= 0.3 is 7.60 Å². The first-order valence-corrected chi connectivity index (χ1v) is 8.43. The molecule has 0 spiro atoms. The molecule has 1 saturated carbocycles. The van der Waals surface area contributed by atoms with Crippen molar-refractivity contribution in [2.45, 2.75) is 43.0 Å². The number of alkyl halides is 1. The highest BCUT2D eigenvalue weighted by Gasteiger charge is 2.43. The molecule has 5 heteroatoms. The molecule has 0 unspecified atom stereocenters. The van der Waals surface area contributed by atoms with Crippen molar-refractivity contribution in [3.8, 4) is 0 Å². The Morgan fingerprint density at radius 3 is 2.33 bits per heavy atom. The maximum absolute atomic E-state index is 12.6. The van der Waals surface area contributed by atoms with Crippen molar-refractivity contribution in [1.82, 2.24) is 0 Å². The van der Waals surface area contributed by atoms with Crippen molar-refractivity contribution in [2.75, 3.05) is 0 Å². The molecule has 3 rings (SSSR count). The molecule has 18 heavy (non-hydrogen) atoms. The highest BCUT2D eigenvalue weighted by Crippen LogP contribution is 2.59. The number of hydrogen-bond donors (Lipinski definition) is 0. The van der Waals surface area contributed by atoms with Gasteiger partial charge in [0.1, 0.15) is 0 Å². The summed E-state index contributed by atoms with van der Waals surface area (Å²) in [5.74, 6) is 0. The van der Waals surface area contributed by atoms with Crippen LogP contribution < -0.4 is 0 Å². The third-order valence-electron chi connectivity index (χ3n) is 3.40. The van der Waals surface area contributed by atoms with Crippen LogP contribution in [0.4, 0.5) is 0 Å². The van der Waals surface area contributed by atoms with Crippen molar-refractivity contribution < 1.29 is 13.6 Å². The van der Waals surface area contributed by atoms with E-state index in [-0.39, 0.29) is 17.6 Å². The largest absolute Gasteiger partial charge is 0.335 e. The third kappa shape index (κ3) is 2.80. The summed E-state index contributed by atoms with van der Waals surface area (Å²) in [5, 5.41) is 0.0826. The predicted molar refractivity (Wildman–Crippen MR) is 71.0 cm³/mol. The Hall–Kier alpha value is -0.340. The van der Waals surface area contributed by atoms with E-state index in [4.69, 9.17) is 20.6 Å². The van der Waals surface area contributed by atoms with Gasteiger partial charge in [-0.15, -0.1) is 11.6 Å². The molecule has 1 heterocycles. The summed E-state index contributed by atoms with van der Waals surface area (Å²) in [6.45, 7) is 0. The van der Waals surface area contributed by atoms with Crippen molar-refractivity contribution in [1.29, 1.82) is 0 Å². The molecule has 1 aromatic carbocycles. The van der Waals surface area contributed by atoms with Crippen LogP contribution in [0.1, 0.15) is 24.8 Å². The van der Waals surface area contributed by atoms with E-state index in [1.165, 1.54) is 0 Å². The van der Waals surface area contributed by atoms with Gasteiger partial charge in [0.15, 0.2) is 0 Å². The maximum atomic E-state index is 12.6. The van der Waals surface area contributed by atoms with Gasteiger partial charge in [0, 0.05) is 11.8 Å². The number of benzene rings is 1. The molecule has 0 radical (unpaired) electrons. The Morgan fingerprint density at radius 2 is 1.72 bits per heavy atom. The van der Waals surface area contributed by atoms with E-state index in [1.54, 1.807) is 0 Å². The lowest BCUT2D eigenvalue weighted by Gasteiger charge is -2.40. The number of hydrogen-bond acceptors (Lipinski definition) is 3. The van der Waals surface area contributed by atoms with Gasteiger partial charge in [-0.25, -0.2) is 0 Å². The van der Waals surface area contributed by atoms with Gasteiger partial charge in [0.25, 0.3) is 0 Å². The zero-order valence-corrected chi connectivity index (χ0v) is 11.6. The predicted octanol–water partition coefficient (Wildman–Crippen LogP) is 3.96. The van der Waals surface area contributed by atoms with Crippen LogP contribution in [0.5, 0.6) is 0 Å². The van der Waals surface area contributed by atoms with E-state index in [9.17, 15) is 4.57 Å². The van der Waals surface area contributed by atoms with Crippen LogP contribution in [-0.2, 0) is 19.8 Å². The van der Waals surface area contributed by atoms with Crippen molar-refractivity contribution in [3.05, 3.63) is 35.9 Å². The lowest BCUT2D eigenvalue weighted by molar-refractivity contribution is -0.000200. The zero-order valence-electron chi connectivity index (χ0n) is 10.00. The van der Waals surface area contributed by atoms with Crippen LogP contribution >= 0.6 is 19.2 Å². The van der Waals surface area contributed by atoms with Crippen LogP contribution in [0.3, 0.4) is 0 Å². The van der Waals surface area contributed by atoms with Gasteiger partial charge in [-0.2, -0.15) is 0 Å². The summed E-state index contributed by atoms with van der Waals surface area (Å²) in [4.78, 5) is 0. The lowest BCUT2D eigenvalue weighted by atomic mass is 9.95. The van der Waals surface area contributed by atoms with Gasteiger partial charge in [-0.1, -0.05) is 30.3 Å².